The number of thiophene rings is 1. The highest BCUT2D eigenvalue weighted by atomic mass is 32.2. The van der Waals surface area contributed by atoms with Crippen LogP contribution in [0.3, 0.4) is 0 Å². The average Bonchev–Trinajstić information content (AvgIpc) is 3.22. The molecule has 3 aromatic rings. The van der Waals surface area contributed by atoms with Crippen molar-refractivity contribution in [3.8, 4) is 0 Å². The number of hydrogen-bond donors (Lipinski definition) is 2. The van der Waals surface area contributed by atoms with Crippen LogP contribution in [-0.2, 0) is 10.0 Å². The summed E-state index contributed by atoms with van der Waals surface area (Å²) in [4.78, 5) is 12.6. The molecule has 0 aliphatic rings. The molecule has 0 saturated heterocycles. The van der Waals surface area contributed by atoms with Crippen LogP contribution < -0.4 is 10.1 Å². The van der Waals surface area contributed by atoms with E-state index in [4.69, 9.17) is 0 Å². The molecule has 8 heteroatoms. The van der Waals surface area contributed by atoms with Crippen molar-refractivity contribution in [2.75, 3.05) is 4.72 Å². The van der Waals surface area contributed by atoms with E-state index >= 15 is 0 Å². The predicted molar refractivity (Wildman–Crippen MR) is 112 cm³/mol. The second kappa shape index (κ2) is 8.37. The highest BCUT2D eigenvalue weighted by Crippen LogP contribution is 2.22. The van der Waals surface area contributed by atoms with Gasteiger partial charge in [-0.25, -0.2) is 13.8 Å². The first kappa shape index (κ1) is 19.8. The molecule has 1 heterocycles. The minimum absolute atomic E-state index is 0.177. The van der Waals surface area contributed by atoms with Crippen molar-refractivity contribution in [1.29, 1.82) is 0 Å². The molecule has 0 bridgehead atoms. The van der Waals surface area contributed by atoms with Crippen molar-refractivity contribution in [2.45, 2.75) is 18.1 Å². The van der Waals surface area contributed by atoms with Crippen molar-refractivity contribution in [2.24, 2.45) is 5.10 Å². The molecule has 0 aliphatic carbocycles. The number of para-hydroxylation sites is 1. The van der Waals surface area contributed by atoms with E-state index in [2.05, 4.69) is 15.2 Å². The van der Waals surface area contributed by atoms with E-state index in [1.165, 1.54) is 12.1 Å². The monoisotopic (exact) mass is 413 g/mol. The molecule has 0 atom stereocenters. The van der Waals surface area contributed by atoms with E-state index in [1.807, 2.05) is 31.2 Å². The number of nitrogens with zero attached hydrogens (tertiary/aromatic N) is 1. The van der Waals surface area contributed by atoms with Gasteiger partial charge in [-0.3, -0.25) is 9.52 Å². The van der Waals surface area contributed by atoms with Crippen molar-refractivity contribution >= 4 is 38.7 Å². The first-order valence-electron chi connectivity index (χ1n) is 8.44. The molecule has 28 heavy (non-hydrogen) atoms. The Bertz CT molecular complexity index is 1100. The molecule has 0 radical (unpaired) electrons. The lowest BCUT2D eigenvalue weighted by Gasteiger charge is -2.11. The Balaban J connectivity index is 1.79. The highest BCUT2D eigenvalue weighted by Gasteiger charge is 2.19. The number of hydrazone groups is 1. The molecule has 2 aromatic carbocycles. The number of carbonyl (C=O) groups is 1. The summed E-state index contributed by atoms with van der Waals surface area (Å²) < 4.78 is 27.6. The number of sulfonamides is 1. The SMILES string of the molecule is C/C(=N\NC(=O)c1ccccc1NS(=O)(=O)c1cccs1)c1ccc(C)cc1. The molecule has 2 N–H and O–H groups in total. The summed E-state index contributed by atoms with van der Waals surface area (Å²) in [6, 6.07) is 17.3. The average molecular weight is 414 g/mol. The van der Waals surface area contributed by atoms with Gasteiger partial charge >= 0.3 is 0 Å². The summed E-state index contributed by atoms with van der Waals surface area (Å²) in [6.07, 6.45) is 0. The minimum Gasteiger partial charge on any atom is -0.278 e. The van der Waals surface area contributed by atoms with Crippen molar-refractivity contribution in [1.82, 2.24) is 5.43 Å². The van der Waals surface area contributed by atoms with Gasteiger partial charge in [0.2, 0.25) is 0 Å². The maximum absolute atomic E-state index is 12.6. The van der Waals surface area contributed by atoms with E-state index in [1.54, 1.807) is 36.6 Å². The molecule has 6 nitrogen and oxygen atoms in total. The topological polar surface area (TPSA) is 87.6 Å². The summed E-state index contributed by atoms with van der Waals surface area (Å²) in [5.74, 6) is -0.504. The highest BCUT2D eigenvalue weighted by molar-refractivity contribution is 7.94. The van der Waals surface area contributed by atoms with E-state index in [0.29, 0.717) is 5.71 Å². The number of hydrogen-bond acceptors (Lipinski definition) is 5. The lowest BCUT2D eigenvalue weighted by Crippen LogP contribution is -2.22. The van der Waals surface area contributed by atoms with E-state index in [0.717, 1.165) is 22.5 Å². The van der Waals surface area contributed by atoms with Gasteiger partial charge in [-0.2, -0.15) is 5.10 Å². The fraction of sp³-hybridized carbons (Fsp3) is 0.100. The van der Waals surface area contributed by atoms with Crippen LogP contribution in [0.15, 0.2) is 75.4 Å². The predicted octanol–water partition coefficient (Wildman–Crippen LogP) is 4.01. The number of anilines is 1. The largest absolute Gasteiger partial charge is 0.278 e. The first-order chi connectivity index (χ1) is 13.4. The third-order valence-corrected chi connectivity index (χ3v) is 6.73. The second-order valence-electron chi connectivity index (χ2n) is 6.09. The maximum Gasteiger partial charge on any atom is 0.273 e. The van der Waals surface area contributed by atoms with Gasteiger partial charge in [0.25, 0.3) is 15.9 Å². The molecule has 1 amide bonds. The molecular formula is C20H19N3O3S2. The van der Waals surface area contributed by atoms with Crippen LogP contribution in [0.4, 0.5) is 5.69 Å². The molecule has 0 unspecified atom stereocenters. The van der Waals surface area contributed by atoms with Crippen LogP contribution in [0.25, 0.3) is 0 Å². The second-order valence-corrected chi connectivity index (χ2v) is 8.94. The molecule has 3 rings (SSSR count). The van der Waals surface area contributed by atoms with E-state index in [-0.39, 0.29) is 15.5 Å². The number of benzene rings is 2. The fourth-order valence-electron chi connectivity index (χ4n) is 2.44. The van der Waals surface area contributed by atoms with Crippen LogP contribution >= 0.6 is 11.3 Å². The molecule has 1 aromatic heterocycles. The van der Waals surface area contributed by atoms with E-state index < -0.39 is 15.9 Å². The van der Waals surface area contributed by atoms with Crippen LogP contribution in [0, 0.1) is 6.92 Å². The first-order valence-corrected chi connectivity index (χ1v) is 10.8. The Labute approximate surface area is 168 Å². The van der Waals surface area contributed by atoms with Gasteiger partial charge in [-0.1, -0.05) is 48.0 Å². The Morgan fingerprint density at radius 3 is 2.39 bits per heavy atom. The summed E-state index contributed by atoms with van der Waals surface area (Å²) >= 11 is 1.10. The van der Waals surface area contributed by atoms with Crippen LogP contribution in [0.5, 0.6) is 0 Å². The molecule has 0 saturated carbocycles. The van der Waals surface area contributed by atoms with Gasteiger partial charge in [0, 0.05) is 0 Å². The summed E-state index contributed by atoms with van der Waals surface area (Å²) in [5.41, 5.74) is 5.53. The molecule has 0 spiro atoms. The molecule has 144 valence electrons. The quantitative estimate of drug-likeness (QED) is 0.473. The third-order valence-electron chi connectivity index (χ3n) is 3.97. The Kier molecular flexibility index (Phi) is 5.91. The normalized spacial score (nSPS) is 11.9. The Morgan fingerprint density at radius 1 is 1.00 bits per heavy atom. The van der Waals surface area contributed by atoms with Gasteiger partial charge in [-0.15, -0.1) is 11.3 Å². The molecule has 0 fully saturated rings. The van der Waals surface area contributed by atoms with E-state index in [9.17, 15) is 13.2 Å². The smallest absolute Gasteiger partial charge is 0.273 e. The van der Waals surface area contributed by atoms with Crippen molar-refractivity contribution in [3.63, 3.8) is 0 Å². The van der Waals surface area contributed by atoms with Gasteiger partial charge in [-0.05, 0) is 43.0 Å². The Morgan fingerprint density at radius 2 is 1.71 bits per heavy atom. The van der Waals surface area contributed by atoms with Gasteiger partial charge in [0.1, 0.15) is 4.21 Å². The lowest BCUT2D eigenvalue weighted by atomic mass is 10.1. The maximum atomic E-state index is 12.6. The summed E-state index contributed by atoms with van der Waals surface area (Å²) in [7, 11) is -3.75. The number of amides is 1. The van der Waals surface area contributed by atoms with Gasteiger partial charge in [0.05, 0.1) is 17.0 Å². The zero-order chi connectivity index (χ0) is 20.1. The van der Waals surface area contributed by atoms with Crippen LogP contribution in [-0.4, -0.2) is 20.0 Å². The number of aryl methyl sites for hydroxylation is 1. The van der Waals surface area contributed by atoms with Crippen molar-refractivity contribution in [3.05, 3.63) is 82.7 Å². The number of carbonyl (C=O) groups excluding carboxylic acids is 1. The van der Waals surface area contributed by atoms with Gasteiger partial charge < -0.3 is 0 Å². The third kappa shape index (κ3) is 4.65. The Hall–Kier alpha value is -2.97. The van der Waals surface area contributed by atoms with Gasteiger partial charge in [0.15, 0.2) is 0 Å². The summed E-state index contributed by atoms with van der Waals surface area (Å²) in [5, 5.41) is 5.81. The minimum atomic E-state index is -3.75. The standard InChI is InChI=1S/C20H19N3O3S2/c1-14-9-11-16(12-10-14)15(2)21-22-20(24)17-6-3-4-7-18(17)23-28(25,26)19-8-5-13-27-19/h3-13,23H,1-2H3,(H,22,24)/b21-15+. The molecular weight excluding hydrogens is 394 g/mol. The number of rotatable bonds is 6. The zero-order valence-electron chi connectivity index (χ0n) is 15.3. The summed E-state index contributed by atoms with van der Waals surface area (Å²) in [6.45, 7) is 3.78. The van der Waals surface area contributed by atoms with Crippen molar-refractivity contribution < 1.29 is 13.2 Å². The number of nitrogens with one attached hydrogen (secondary N) is 2. The lowest BCUT2D eigenvalue weighted by molar-refractivity contribution is 0.0955. The molecule has 0 aliphatic heterocycles. The zero-order valence-corrected chi connectivity index (χ0v) is 17.0. The van der Waals surface area contributed by atoms with Crippen LogP contribution in [0.2, 0.25) is 0 Å². The van der Waals surface area contributed by atoms with Crippen LogP contribution in [0.1, 0.15) is 28.4 Å². The fourth-order valence-corrected chi connectivity index (χ4v) is 4.51.